The highest BCUT2D eigenvalue weighted by molar-refractivity contribution is 5.76. The Balaban J connectivity index is 2.56. The molecular weight excluding hydrogens is 286 g/mol. The second-order valence-electron chi connectivity index (χ2n) is 4.62. The Kier molecular flexibility index (Phi) is 3.03. The molecule has 0 amide bonds. The lowest BCUT2D eigenvalue weighted by Crippen LogP contribution is -2.48. The van der Waals surface area contributed by atoms with Gasteiger partial charge in [0.15, 0.2) is 0 Å². The first kappa shape index (κ1) is 14.7. The Bertz CT molecular complexity index is 565. The zero-order valence-corrected chi connectivity index (χ0v) is 10.5. The minimum atomic E-state index is -5.47. The third-order valence-electron chi connectivity index (χ3n) is 3.01. The number of hydrogen-bond acceptors (Lipinski definition) is 2. The number of allylic oxidation sites excluding steroid dienone is 2. The molecule has 0 atom stereocenters. The quantitative estimate of drug-likeness (QED) is 0.777. The molecule has 0 saturated heterocycles. The van der Waals surface area contributed by atoms with E-state index >= 15 is 0 Å². The van der Waals surface area contributed by atoms with Gasteiger partial charge in [0.05, 0.1) is 11.3 Å². The van der Waals surface area contributed by atoms with Crippen LogP contribution in [0, 0.1) is 0 Å². The van der Waals surface area contributed by atoms with Gasteiger partial charge in [0, 0.05) is 32.1 Å². The van der Waals surface area contributed by atoms with Crippen LogP contribution in [0.25, 0.3) is 5.57 Å². The highest BCUT2D eigenvalue weighted by Gasteiger charge is 2.77. The average Bonchev–Trinajstić information content (AvgIpc) is 2.47. The minimum absolute atomic E-state index is 0.380. The summed E-state index contributed by atoms with van der Waals surface area (Å²) in [5.41, 5.74) is -1.68. The van der Waals surface area contributed by atoms with E-state index < -0.39 is 35.1 Å². The Hall–Kier alpha value is -1.73. The van der Waals surface area contributed by atoms with Gasteiger partial charge in [0.2, 0.25) is 0 Å². The van der Waals surface area contributed by atoms with Crippen molar-refractivity contribution in [1.29, 1.82) is 0 Å². The fourth-order valence-corrected chi connectivity index (χ4v) is 1.82. The number of hydrogen-bond donors (Lipinski definition) is 0. The predicted molar refractivity (Wildman–Crippen MR) is 61.4 cm³/mol. The van der Waals surface area contributed by atoms with Crippen LogP contribution in [-0.4, -0.2) is 36.8 Å². The summed E-state index contributed by atoms with van der Waals surface area (Å²) in [6.07, 6.45) is 0.685. The molecule has 0 radical (unpaired) electrons. The van der Waals surface area contributed by atoms with Crippen molar-refractivity contribution in [3.8, 4) is 0 Å². The second kappa shape index (κ2) is 4.13. The van der Waals surface area contributed by atoms with E-state index in [1.807, 2.05) is 0 Å². The van der Waals surface area contributed by atoms with Crippen molar-refractivity contribution in [1.82, 2.24) is 4.98 Å². The van der Waals surface area contributed by atoms with Gasteiger partial charge in [0.25, 0.3) is 0 Å². The lowest BCUT2D eigenvalue weighted by molar-refractivity contribution is -0.257. The van der Waals surface area contributed by atoms with E-state index in [0.717, 1.165) is 12.3 Å². The van der Waals surface area contributed by atoms with E-state index in [2.05, 4.69) is 4.98 Å². The van der Waals surface area contributed by atoms with Crippen molar-refractivity contribution < 1.29 is 26.3 Å². The molecule has 0 aliphatic heterocycles. The maximum absolute atomic E-state index is 13.5. The van der Waals surface area contributed by atoms with Crippen molar-refractivity contribution in [3.05, 3.63) is 30.1 Å². The normalized spacial score (nSPS) is 22.5. The van der Waals surface area contributed by atoms with Crippen molar-refractivity contribution in [2.75, 3.05) is 19.0 Å². The van der Waals surface area contributed by atoms with Crippen LogP contribution in [0.5, 0.6) is 0 Å². The van der Waals surface area contributed by atoms with Gasteiger partial charge in [-0.2, -0.15) is 26.3 Å². The molecule has 1 aromatic heterocycles. The molecule has 20 heavy (non-hydrogen) atoms. The van der Waals surface area contributed by atoms with Gasteiger partial charge < -0.3 is 4.90 Å². The van der Waals surface area contributed by atoms with Crippen LogP contribution in [0.15, 0.2) is 24.4 Å². The van der Waals surface area contributed by atoms with Gasteiger partial charge in [0.1, 0.15) is 0 Å². The van der Waals surface area contributed by atoms with Crippen LogP contribution in [0.1, 0.15) is 5.69 Å². The van der Waals surface area contributed by atoms with E-state index in [1.54, 1.807) is 14.1 Å². The average molecular weight is 296 g/mol. The molecule has 1 heterocycles. The van der Waals surface area contributed by atoms with Crippen LogP contribution >= 0.6 is 0 Å². The molecule has 2 rings (SSSR count). The van der Waals surface area contributed by atoms with E-state index in [0.29, 0.717) is 5.69 Å². The van der Waals surface area contributed by atoms with Crippen molar-refractivity contribution in [2.24, 2.45) is 0 Å². The fraction of sp³-hybridized carbons (Fsp3) is 0.417. The van der Waals surface area contributed by atoms with E-state index in [9.17, 15) is 26.3 Å². The van der Waals surface area contributed by atoms with Crippen LogP contribution in [0.2, 0.25) is 0 Å². The number of nitrogens with zero attached hydrogens (tertiary/aromatic N) is 2. The van der Waals surface area contributed by atoms with Gasteiger partial charge >= 0.3 is 17.8 Å². The lowest BCUT2D eigenvalue weighted by Gasteiger charge is -2.25. The molecule has 8 heteroatoms. The Morgan fingerprint density at radius 2 is 1.65 bits per heavy atom. The molecule has 0 N–H and O–H groups in total. The molecule has 1 aliphatic carbocycles. The van der Waals surface area contributed by atoms with E-state index in [-0.39, 0.29) is 0 Å². The SMILES string of the molecule is CN(C)c1ccnc(C2=CC(F)(F)C(F)(F)C2(F)F)c1. The molecule has 0 unspecified atom stereocenters. The fourth-order valence-electron chi connectivity index (χ4n) is 1.82. The standard InChI is InChI=1S/C12H10F6N2/c1-20(2)7-3-4-19-9(5-7)8-6-10(13,14)12(17,18)11(8,15)16/h3-6H,1-2H3. The van der Waals surface area contributed by atoms with Gasteiger partial charge in [-0.3, -0.25) is 4.98 Å². The molecule has 0 saturated carbocycles. The Morgan fingerprint density at radius 1 is 1.05 bits per heavy atom. The number of halogens is 6. The van der Waals surface area contributed by atoms with Crippen molar-refractivity contribution in [3.63, 3.8) is 0 Å². The smallest absolute Gasteiger partial charge is 0.378 e. The number of alkyl halides is 6. The van der Waals surface area contributed by atoms with E-state index in [1.165, 1.54) is 11.0 Å². The third kappa shape index (κ3) is 1.85. The molecule has 110 valence electrons. The van der Waals surface area contributed by atoms with Gasteiger partial charge in [-0.15, -0.1) is 0 Å². The van der Waals surface area contributed by atoms with Gasteiger partial charge in [-0.1, -0.05) is 0 Å². The summed E-state index contributed by atoms with van der Waals surface area (Å²) < 4.78 is 79.4. The number of rotatable bonds is 2. The van der Waals surface area contributed by atoms with Gasteiger partial charge in [-0.25, -0.2) is 0 Å². The first-order valence-corrected chi connectivity index (χ1v) is 5.51. The van der Waals surface area contributed by atoms with E-state index in [4.69, 9.17) is 0 Å². The molecule has 0 spiro atoms. The summed E-state index contributed by atoms with van der Waals surface area (Å²) >= 11 is 0. The van der Waals surface area contributed by atoms with Crippen LogP contribution in [0.4, 0.5) is 32.0 Å². The van der Waals surface area contributed by atoms with Crippen LogP contribution in [-0.2, 0) is 0 Å². The maximum Gasteiger partial charge on any atom is 0.380 e. The first-order valence-electron chi connectivity index (χ1n) is 5.51. The highest BCUT2D eigenvalue weighted by atomic mass is 19.3. The predicted octanol–water partition coefficient (Wildman–Crippen LogP) is 3.45. The summed E-state index contributed by atoms with van der Waals surface area (Å²) in [4.78, 5) is 5.00. The topological polar surface area (TPSA) is 16.1 Å². The number of aromatic nitrogens is 1. The summed E-state index contributed by atoms with van der Waals surface area (Å²) in [7, 11) is 3.17. The third-order valence-corrected chi connectivity index (χ3v) is 3.01. The zero-order chi connectivity index (χ0) is 15.3. The summed E-state index contributed by atoms with van der Waals surface area (Å²) in [5, 5.41) is 0. The molecule has 0 fully saturated rings. The summed E-state index contributed by atoms with van der Waals surface area (Å²) in [6.45, 7) is 0. The van der Waals surface area contributed by atoms with Gasteiger partial charge in [-0.05, 0) is 12.1 Å². The number of pyridine rings is 1. The molecule has 1 aliphatic rings. The monoisotopic (exact) mass is 296 g/mol. The summed E-state index contributed by atoms with van der Waals surface area (Å²) in [5.74, 6) is -15.4. The number of anilines is 1. The molecule has 0 aromatic carbocycles. The van der Waals surface area contributed by atoms with Crippen LogP contribution < -0.4 is 4.90 Å². The first-order chi connectivity index (χ1) is 9.00. The minimum Gasteiger partial charge on any atom is -0.378 e. The Morgan fingerprint density at radius 3 is 2.10 bits per heavy atom. The van der Waals surface area contributed by atoms with Crippen LogP contribution in [0.3, 0.4) is 0 Å². The molecule has 0 bridgehead atoms. The van der Waals surface area contributed by atoms with Crippen molar-refractivity contribution >= 4 is 11.3 Å². The highest BCUT2D eigenvalue weighted by Crippen LogP contribution is 2.58. The lowest BCUT2D eigenvalue weighted by atomic mass is 10.1. The largest absolute Gasteiger partial charge is 0.380 e. The molecular formula is C12H10F6N2. The maximum atomic E-state index is 13.5. The zero-order valence-electron chi connectivity index (χ0n) is 10.5. The van der Waals surface area contributed by atoms with Crippen molar-refractivity contribution in [2.45, 2.75) is 17.8 Å². The molecule has 1 aromatic rings. The Labute approximate surface area is 110 Å². The molecule has 2 nitrogen and oxygen atoms in total. The summed E-state index contributed by atoms with van der Waals surface area (Å²) in [6, 6.07) is 2.49. The second-order valence-corrected chi connectivity index (χ2v) is 4.62.